The van der Waals surface area contributed by atoms with Crippen molar-refractivity contribution in [1.29, 1.82) is 0 Å². The van der Waals surface area contributed by atoms with Gasteiger partial charge < -0.3 is 14.6 Å². The SMILES string of the molecule is C[C@@H]1CN(C(=O)CCn2ccccc2=O)C[C@H]1C(=O)O. The normalized spacial score (nSPS) is 21.9. The lowest BCUT2D eigenvalue weighted by Gasteiger charge is -2.16. The standard InChI is InChI=1S/C14H18N2O4/c1-10-8-16(9-11(10)14(19)20)13(18)5-7-15-6-3-2-4-12(15)17/h2-4,6,10-11H,5,7-9H2,1H3,(H,19,20)/t10-,11-/m1/s1. The summed E-state index contributed by atoms with van der Waals surface area (Å²) in [5.41, 5.74) is -0.140. The summed E-state index contributed by atoms with van der Waals surface area (Å²) in [6, 6.07) is 4.84. The second-order valence-corrected chi connectivity index (χ2v) is 5.20. The number of hydrogen-bond donors (Lipinski definition) is 1. The van der Waals surface area contributed by atoms with Crippen LogP contribution in [-0.4, -0.2) is 39.5 Å². The predicted molar refractivity (Wildman–Crippen MR) is 72.2 cm³/mol. The topological polar surface area (TPSA) is 79.6 Å². The number of aromatic nitrogens is 1. The van der Waals surface area contributed by atoms with Crippen molar-refractivity contribution in [3.8, 4) is 0 Å². The van der Waals surface area contributed by atoms with E-state index < -0.39 is 11.9 Å². The van der Waals surface area contributed by atoms with E-state index >= 15 is 0 Å². The molecule has 1 fully saturated rings. The highest BCUT2D eigenvalue weighted by molar-refractivity contribution is 5.78. The maximum Gasteiger partial charge on any atom is 0.308 e. The van der Waals surface area contributed by atoms with Gasteiger partial charge in [-0.3, -0.25) is 14.4 Å². The number of likely N-dealkylation sites (tertiary alicyclic amines) is 1. The molecule has 0 radical (unpaired) electrons. The molecule has 0 aliphatic carbocycles. The minimum absolute atomic E-state index is 0.0316. The number of amides is 1. The van der Waals surface area contributed by atoms with Crippen LogP contribution in [0, 0.1) is 11.8 Å². The Hall–Kier alpha value is -2.11. The Morgan fingerprint density at radius 1 is 1.35 bits per heavy atom. The predicted octanol–water partition coefficient (Wildman–Crippen LogP) is 0.418. The van der Waals surface area contributed by atoms with Gasteiger partial charge in [-0.1, -0.05) is 13.0 Å². The fourth-order valence-corrected chi connectivity index (χ4v) is 2.51. The number of carboxylic acids is 1. The van der Waals surface area contributed by atoms with E-state index in [4.69, 9.17) is 5.11 Å². The zero-order chi connectivity index (χ0) is 14.7. The van der Waals surface area contributed by atoms with Crippen LogP contribution >= 0.6 is 0 Å². The van der Waals surface area contributed by atoms with Gasteiger partial charge in [0.05, 0.1) is 5.92 Å². The van der Waals surface area contributed by atoms with Gasteiger partial charge in [-0.25, -0.2) is 0 Å². The fourth-order valence-electron chi connectivity index (χ4n) is 2.51. The van der Waals surface area contributed by atoms with Crippen LogP contribution in [0.1, 0.15) is 13.3 Å². The largest absolute Gasteiger partial charge is 0.481 e. The van der Waals surface area contributed by atoms with Gasteiger partial charge in [0.1, 0.15) is 0 Å². The molecule has 108 valence electrons. The van der Waals surface area contributed by atoms with E-state index in [-0.39, 0.29) is 30.3 Å². The van der Waals surface area contributed by atoms with E-state index in [2.05, 4.69) is 0 Å². The molecule has 0 saturated carbocycles. The summed E-state index contributed by atoms with van der Waals surface area (Å²) in [6.45, 7) is 2.90. The first-order valence-corrected chi connectivity index (χ1v) is 6.65. The van der Waals surface area contributed by atoms with Gasteiger partial charge in [0, 0.05) is 38.3 Å². The van der Waals surface area contributed by atoms with Crippen LogP contribution in [-0.2, 0) is 16.1 Å². The number of nitrogens with zero attached hydrogens (tertiary/aromatic N) is 2. The molecule has 1 aliphatic heterocycles. The fraction of sp³-hybridized carbons (Fsp3) is 0.500. The van der Waals surface area contributed by atoms with Crippen molar-refractivity contribution in [1.82, 2.24) is 9.47 Å². The average Bonchev–Trinajstić information content (AvgIpc) is 2.80. The smallest absolute Gasteiger partial charge is 0.308 e. The molecule has 2 heterocycles. The first kappa shape index (κ1) is 14.3. The first-order valence-electron chi connectivity index (χ1n) is 6.65. The molecule has 1 N–H and O–H groups in total. The maximum atomic E-state index is 12.1. The molecule has 1 aromatic heterocycles. The summed E-state index contributed by atoms with van der Waals surface area (Å²) in [4.78, 5) is 36.2. The van der Waals surface area contributed by atoms with Crippen LogP contribution in [0.15, 0.2) is 29.2 Å². The molecule has 0 unspecified atom stereocenters. The quantitative estimate of drug-likeness (QED) is 0.865. The number of rotatable bonds is 4. The van der Waals surface area contributed by atoms with Gasteiger partial charge in [0.2, 0.25) is 5.91 Å². The lowest BCUT2D eigenvalue weighted by molar-refractivity contribution is -0.142. The minimum Gasteiger partial charge on any atom is -0.481 e. The van der Waals surface area contributed by atoms with Gasteiger partial charge in [-0.05, 0) is 12.0 Å². The van der Waals surface area contributed by atoms with Gasteiger partial charge in [0.25, 0.3) is 5.56 Å². The van der Waals surface area contributed by atoms with Crippen molar-refractivity contribution >= 4 is 11.9 Å². The van der Waals surface area contributed by atoms with Crippen LogP contribution < -0.4 is 5.56 Å². The van der Waals surface area contributed by atoms with Gasteiger partial charge in [-0.2, -0.15) is 0 Å². The molecule has 2 rings (SSSR count). The zero-order valence-corrected chi connectivity index (χ0v) is 11.4. The summed E-state index contributed by atoms with van der Waals surface area (Å²) in [6.07, 6.45) is 1.85. The lowest BCUT2D eigenvalue weighted by atomic mass is 9.99. The molecule has 1 aromatic rings. The van der Waals surface area contributed by atoms with Crippen molar-refractivity contribution in [2.75, 3.05) is 13.1 Å². The molecule has 6 heteroatoms. The monoisotopic (exact) mass is 278 g/mol. The van der Waals surface area contributed by atoms with Crippen LogP contribution in [0.2, 0.25) is 0 Å². The second kappa shape index (κ2) is 5.90. The Bertz CT molecular complexity index is 566. The van der Waals surface area contributed by atoms with E-state index in [0.717, 1.165) is 0 Å². The highest BCUT2D eigenvalue weighted by atomic mass is 16.4. The number of carbonyl (C=O) groups is 2. The number of carbonyl (C=O) groups excluding carboxylic acids is 1. The Morgan fingerprint density at radius 2 is 2.10 bits per heavy atom. The third kappa shape index (κ3) is 3.07. The number of carboxylic acid groups (broad SMARTS) is 1. The third-order valence-corrected chi connectivity index (χ3v) is 3.75. The summed E-state index contributed by atoms with van der Waals surface area (Å²) in [7, 11) is 0. The third-order valence-electron chi connectivity index (χ3n) is 3.75. The molecule has 2 atom stereocenters. The van der Waals surface area contributed by atoms with E-state index in [0.29, 0.717) is 13.1 Å². The minimum atomic E-state index is -0.855. The van der Waals surface area contributed by atoms with Crippen molar-refractivity contribution < 1.29 is 14.7 Å². The lowest BCUT2D eigenvalue weighted by Crippen LogP contribution is -2.31. The number of pyridine rings is 1. The highest BCUT2D eigenvalue weighted by Gasteiger charge is 2.36. The Labute approximate surface area is 116 Å². The van der Waals surface area contributed by atoms with Gasteiger partial charge >= 0.3 is 5.97 Å². The number of hydrogen-bond acceptors (Lipinski definition) is 3. The molecule has 1 amide bonds. The van der Waals surface area contributed by atoms with Crippen molar-refractivity contribution in [3.05, 3.63) is 34.7 Å². The number of aryl methyl sites for hydroxylation is 1. The van der Waals surface area contributed by atoms with E-state index in [1.165, 1.54) is 10.6 Å². The number of aliphatic carboxylic acids is 1. The Kier molecular flexibility index (Phi) is 4.22. The molecule has 0 aromatic carbocycles. The second-order valence-electron chi connectivity index (χ2n) is 5.20. The summed E-state index contributed by atoms with van der Waals surface area (Å²) in [5.74, 6) is -1.47. The summed E-state index contributed by atoms with van der Waals surface area (Å²) in [5, 5.41) is 9.04. The molecular weight excluding hydrogens is 260 g/mol. The van der Waals surface area contributed by atoms with Crippen molar-refractivity contribution in [2.45, 2.75) is 19.9 Å². The van der Waals surface area contributed by atoms with E-state index in [1.54, 1.807) is 23.2 Å². The molecular formula is C14H18N2O4. The summed E-state index contributed by atoms with van der Waals surface area (Å²) >= 11 is 0. The van der Waals surface area contributed by atoms with Crippen molar-refractivity contribution in [3.63, 3.8) is 0 Å². The maximum absolute atomic E-state index is 12.1. The first-order chi connectivity index (χ1) is 9.49. The van der Waals surface area contributed by atoms with Crippen LogP contribution in [0.25, 0.3) is 0 Å². The molecule has 6 nitrogen and oxygen atoms in total. The molecule has 20 heavy (non-hydrogen) atoms. The molecule has 1 saturated heterocycles. The van der Waals surface area contributed by atoms with Crippen LogP contribution in [0.3, 0.4) is 0 Å². The Balaban J connectivity index is 1.92. The van der Waals surface area contributed by atoms with Gasteiger partial charge in [0.15, 0.2) is 0 Å². The van der Waals surface area contributed by atoms with E-state index in [9.17, 15) is 14.4 Å². The average molecular weight is 278 g/mol. The summed E-state index contributed by atoms with van der Waals surface area (Å²) < 4.78 is 1.48. The van der Waals surface area contributed by atoms with Gasteiger partial charge in [-0.15, -0.1) is 0 Å². The highest BCUT2D eigenvalue weighted by Crippen LogP contribution is 2.23. The van der Waals surface area contributed by atoms with Crippen LogP contribution in [0.5, 0.6) is 0 Å². The molecule has 1 aliphatic rings. The van der Waals surface area contributed by atoms with Crippen molar-refractivity contribution in [2.24, 2.45) is 11.8 Å². The van der Waals surface area contributed by atoms with E-state index in [1.807, 2.05) is 6.92 Å². The zero-order valence-electron chi connectivity index (χ0n) is 11.4. The Morgan fingerprint density at radius 3 is 2.70 bits per heavy atom. The van der Waals surface area contributed by atoms with Crippen LogP contribution in [0.4, 0.5) is 0 Å². The molecule has 0 spiro atoms. The molecule has 0 bridgehead atoms.